The highest BCUT2D eigenvalue weighted by atomic mass is 35.5. The molecule has 0 radical (unpaired) electrons. The van der Waals surface area contributed by atoms with E-state index in [1.54, 1.807) is 6.07 Å². The molecule has 2 aliphatic heterocycles. The van der Waals surface area contributed by atoms with Crippen LogP contribution >= 0.6 is 22.9 Å². The molecule has 8 rings (SSSR count). The highest BCUT2D eigenvalue weighted by Crippen LogP contribution is 2.52. The molecule has 2 saturated heterocycles. The quantitative estimate of drug-likeness (QED) is 0.139. The average molecular weight is 909 g/mol. The molecule has 1 unspecified atom stereocenters. The molecule has 3 aromatic rings. The Labute approximate surface area is 378 Å². The van der Waals surface area contributed by atoms with Gasteiger partial charge >= 0.3 is 6.09 Å². The molecule has 342 valence electrons. The number of halogens is 1. The number of nitrogens with one attached hydrogen (secondary N) is 3. The number of likely N-dealkylation sites (tertiary alicyclic amines) is 1. The van der Waals surface area contributed by atoms with Gasteiger partial charge in [-0.2, -0.15) is 0 Å². The van der Waals surface area contributed by atoms with Crippen molar-refractivity contribution in [1.82, 2.24) is 30.4 Å². The molecule has 3 amide bonds. The van der Waals surface area contributed by atoms with E-state index in [0.717, 1.165) is 44.0 Å². The summed E-state index contributed by atoms with van der Waals surface area (Å²) in [5.41, 5.74) is -0.119. The Morgan fingerprint density at radius 2 is 1.76 bits per heavy atom. The van der Waals surface area contributed by atoms with Crippen LogP contribution in [-0.4, -0.2) is 125 Å². The van der Waals surface area contributed by atoms with Crippen LogP contribution in [0.3, 0.4) is 0 Å². The fraction of sp³-hybridized carbons (Fsp3) is 0.652. The van der Waals surface area contributed by atoms with Crippen molar-refractivity contribution in [3.63, 3.8) is 0 Å². The van der Waals surface area contributed by atoms with Gasteiger partial charge in [-0.1, -0.05) is 45.7 Å². The second-order valence-corrected chi connectivity index (χ2v) is 20.7. The van der Waals surface area contributed by atoms with Crippen molar-refractivity contribution < 1.29 is 38.1 Å². The van der Waals surface area contributed by atoms with Crippen molar-refractivity contribution in [2.75, 3.05) is 51.3 Å². The number of anilines is 1. The normalized spacial score (nSPS) is 27.2. The monoisotopic (exact) mass is 907 g/mol. The van der Waals surface area contributed by atoms with Crippen LogP contribution in [-0.2, 0) is 23.9 Å². The predicted molar refractivity (Wildman–Crippen MR) is 241 cm³/mol. The Morgan fingerprint density at radius 1 is 1.02 bits per heavy atom. The van der Waals surface area contributed by atoms with E-state index in [9.17, 15) is 19.2 Å². The summed E-state index contributed by atoms with van der Waals surface area (Å²) in [5.74, 6) is 1.19. The number of amides is 3. The first-order valence-electron chi connectivity index (χ1n) is 22.6. The summed E-state index contributed by atoms with van der Waals surface area (Å²) in [6.07, 6.45) is 2.78. The molecule has 1 aromatic carbocycles. The van der Waals surface area contributed by atoms with Gasteiger partial charge in [-0.05, 0) is 81.8 Å². The molecule has 3 saturated carbocycles. The summed E-state index contributed by atoms with van der Waals surface area (Å²) in [4.78, 5) is 69.3. The minimum absolute atomic E-state index is 0.0125. The standard InChI is InChI=1S/C46H62ClN7O8S/c1-8-29-22-46(29,26(4)55)52-41(56)35-20-31(23-54(35)42(57)40(45(5,6)7)51-44(58)62-30-18-27-17-28(27)19-30)61-37-21-33(34-24-63-43(50-34)48-25(2)3)49-39-32(37)9-10-36(38(39)47)60-16-13-53-11-14-59-15-12-53/h9-10,21,24-25,27-31,35,40H,8,11-20,22-23H2,1-7H3,(H,48,50)(H,51,58)(H,52,56)/t27-,28+,29-,30+,31-,35+,40-,46?/m1/s1. The number of aromatic nitrogens is 2. The summed E-state index contributed by atoms with van der Waals surface area (Å²) >= 11 is 8.59. The van der Waals surface area contributed by atoms with Gasteiger partial charge in [0.15, 0.2) is 10.9 Å². The number of ketones is 1. The van der Waals surface area contributed by atoms with E-state index >= 15 is 0 Å². The van der Waals surface area contributed by atoms with Crippen LogP contribution < -0.4 is 25.4 Å². The minimum atomic E-state index is -1.02. The number of Topliss-reactive ketones (excluding diaryl/α,β-unsaturated/α-hetero) is 1. The van der Waals surface area contributed by atoms with Crippen molar-refractivity contribution in [2.45, 2.75) is 123 Å². The van der Waals surface area contributed by atoms with Crippen LogP contribution in [0, 0.1) is 23.2 Å². The zero-order valence-corrected chi connectivity index (χ0v) is 39.0. The lowest BCUT2D eigenvalue weighted by atomic mass is 9.85. The maximum atomic E-state index is 14.9. The number of alkyl carbamates (subject to hydrolysis) is 1. The van der Waals surface area contributed by atoms with Gasteiger partial charge in [0.1, 0.15) is 58.7 Å². The van der Waals surface area contributed by atoms with Crippen molar-refractivity contribution in [3.8, 4) is 22.9 Å². The molecule has 4 heterocycles. The van der Waals surface area contributed by atoms with Crippen molar-refractivity contribution in [2.24, 2.45) is 23.2 Å². The summed E-state index contributed by atoms with van der Waals surface area (Å²) in [6, 6.07) is 3.64. The maximum absolute atomic E-state index is 14.9. The highest BCUT2D eigenvalue weighted by molar-refractivity contribution is 7.14. The topological polar surface area (TPSA) is 174 Å². The zero-order valence-electron chi connectivity index (χ0n) is 37.5. The minimum Gasteiger partial charge on any atom is -0.491 e. The molecule has 63 heavy (non-hydrogen) atoms. The first-order valence-corrected chi connectivity index (χ1v) is 23.8. The number of fused-ring (bicyclic) bond motifs is 2. The number of nitrogens with zero attached hydrogens (tertiary/aromatic N) is 4. The van der Waals surface area contributed by atoms with E-state index in [4.69, 9.17) is 40.5 Å². The third kappa shape index (κ3) is 10.0. The van der Waals surface area contributed by atoms with E-state index in [1.165, 1.54) is 29.6 Å². The van der Waals surface area contributed by atoms with E-state index in [0.29, 0.717) is 76.9 Å². The van der Waals surface area contributed by atoms with Gasteiger partial charge in [-0.25, -0.2) is 14.8 Å². The van der Waals surface area contributed by atoms with Gasteiger partial charge in [0, 0.05) is 48.9 Å². The fourth-order valence-electron chi connectivity index (χ4n) is 9.59. The fourth-order valence-corrected chi connectivity index (χ4v) is 10.7. The smallest absolute Gasteiger partial charge is 0.408 e. The lowest BCUT2D eigenvalue weighted by Crippen LogP contribution is -2.59. The second-order valence-electron chi connectivity index (χ2n) is 19.4. The number of pyridine rings is 1. The third-order valence-electron chi connectivity index (χ3n) is 13.4. The number of ether oxygens (including phenoxy) is 4. The number of hydrogen-bond acceptors (Lipinski definition) is 13. The van der Waals surface area contributed by atoms with Crippen molar-refractivity contribution in [3.05, 3.63) is 28.6 Å². The molecule has 0 bridgehead atoms. The lowest BCUT2D eigenvalue weighted by Gasteiger charge is -2.35. The largest absolute Gasteiger partial charge is 0.491 e. The van der Waals surface area contributed by atoms with E-state index in [1.807, 2.05) is 59.1 Å². The lowest BCUT2D eigenvalue weighted by molar-refractivity contribution is -0.142. The van der Waals surface area contributed by atoms with Gasteiger partial charge in [0.05, 0.1) is 31.0 Å². The van der Waals surface area contributed by atoms with Crippen LogP contribution in [0.1, 0.15) is 87.0 Å². The van der Waals surface area contributed by atoms with Gasteiger partial charge in [0.2, 0.25) is 11.8 Å². The molecule has 5 fully saturated rings. The molecule has 3 N–H and O–H groups in total. The molecule has 3 aliphatic carbocycles. The number of carbonyl (C=O) groups is 4. The Hall–Kier alpha value is -4.25. The Bertz CT molecular complexity index is 2200. The summed E-state index contributed by atoms with van der Waals surface area (Å²) in [7, 11) is 0. The van der Waals surface area contributed by atoms with Crippen LogP contribution in [0.4, 0.5) is 9.93 Å². The summed E-state index contributed by atoms with van der Waals surface area (Å²) < 4.78 is 24.4. The van der Waals surface area contributed by atoms with Crippen LogP contribution in [0.15, 0.2) is 23.6 Å². The number of carbonyl (C=O) groups excluding carboxylic acids is 4. The molecule has 2 aromatic heterocycles. The Balaban J connectivity index is 1.09. The van der Waals surface area contributed by atoms with Crippen LogP contribution in [0.25, 0.3) is 22.3 Å². The zero-order chi connectivity index (χ0) is 44.8. The van der Waals surface area contributed by atoms with E-state index < -0.39 is 47.0 Å². The molecule has 15 nitrogen and oxygen atoms in total. The molecule has 17 heteroatoms. The van der Waals surface area contributed by atoms with E-state index in [2.05, 4.69) is 20.9 Å². The van der Waals surface area contributed by atoms with Crippen molar-refractivity contribution in [1.29, 1.82) is 0 Å². The maximum Gasteiger partial charge on any atom is 0.408 e. The third-order valence-corrected chi connectivity index (χ3v) is 14.5. The molecule has 5 aliphatic rings. The number of hydrogen-bond donors (Lipinski definition) is 3. The Kier molecular flexibility index (Phi) is 13.2. The first kappa shape index (κ1) is 45.3. The predicted octanol–water partition coefficient (Wildman–Crippen LogP) is 6.70. The molecular weight excluding hydrogens is 846 g/mol. The molecule has 8 atom stereocenters. The van der Waals surface area contributed by atoms with Crippen molar-refractivity contribution >= 4 is 62.7 Å². The SMILES string of the molecule is CC[C@@H]1CC1(NC(=O)[C@@H]1C[C@@H](Oc2cc(-c3csc(NC(C)C)n3)nc3c(Cl)c(OCCN4CCOCC4)ccc23)CN1C(=O)[C@@H](NC(=O)O[C@@H]1C[C@@H]2C[C@@H]2C1)C(C)(C)C)C(C)=O. The molecular formula is C46H62ClN7O8S. The molecule has 0 spiro atoms. The average Bonchev–Trinajstić information content (AvgIpc) is 3.91. The summed E-state index contributed by atoms with van der Waals surface area (Å²) in [5, 5.41) is 12.9. The highest BCUT2D eigenvalue weighted by Gasteiger charge is 2.59. The Morgan fingerprint density at radius 3 is 2.43 bits per heavy atom. The number of benzene rings is 1. The van der Waals surface area contributed by atoms with Gasteiger partial charge in [-0.15, -0.1) is 11.3 Å². The number of rotatable bonds is 16. The van der Waals surface area contributed by atoms with Crippen LogP contribution in [0.2, 0.25) is 5.02 Å². The number of thiazole rings is 1. The summed E-state index contributed by atoms with van der Waals surface area (Å²) in [6.45, 7) is 17.4. The van der Waals surface area contributed by atoms with Gasteiger partial charge in [0.25, 0.3) is 0 Å². The van der Waals surface area contributed by atoms with Gasteiger partial charge < -0.3 is 39.8 Å². The second kappa shape index (κ2) is 18.3. The number of morpholine rings is 1. The first-order chi connectivity index (χ1) is 30.0. The van der Waals surface area contributed by atoms with Gasteiger partial charge in [-0.3, -0.25) is 19.3 Å². The van der Waals surface area contributed by atoms with E-state index in [-0.39, 0.29) is 36.8 Å². The van der Waals surface area contributed by atoms with Crippen LogP contribution in [0.5, 0.6) is 11.5 Å².